The molecule has 0 aliphatic rings. The lowest BCUT2D eigenvalue weighted by molar-refractivity contribution is 0.772. The lowest BCUT2D eigenvalue weighted by Gasteiger charge is -1.79. The number of unbranched alkanes of at least 4 members (excludes halogenated alkanes) is 2. The van der Waals surface area contributed by atoms with E-state index in [0.29, 0.717) is 0 Å². The Morgan fingerprint density at radius 1 is 1.22 bits per heavy atom. The topological polar surface area (TPSA) is 75.9 Å². The zero-order valence-corrected chi connectivity index (χ0v) is 6.28. The van der Waals surface area contributed by atoms with E-state index in [1.165, 1.54) is 19.3 Å². The first-order chi connectivity index (χ1) is 4.15. The Balaban J connectivity index is 0. The van der Waals surface area contributed by atoms with Gasteiger partial charge in [0.25, 0.3) is 0 Å². The quantitative estimate of drug-likeness (QED) is 0.387. The third-order valence-electron chi connectivity index (χ3n) is 0.707. The molecule has 0 unspecified atom stereocenters. The van der Waals surface area contributed by atoms with E-state index in [0.717, 1.165) is 0 Å². The van der Waals surface area contributed by atoms with Crippen molar-refractivity contribution in [2.24, 2.45) is 11.5 Å². The molecule has 3 heteroatoms. The fourth-order valence-electron chi connectivity index (χ4n) is 0.354. The highest BCUT2D eigenvalue weighted by Gasteiger charge is 1.68. The Morgan fingerprint density at radius 3 is 1.44 bits per heavy atom. The summed E-state index contributed by atoms with van der Waals surface area (Å²) >= 11 is 0. The summed E-state index contributed by atoms with van der Waals surface area (Å²) in [6.07, 6.45) is 4.08. The summed E-state index contributed by atoms with van der Waals surface area (Å²) in [5.74, 6) is -0.333. The minimum atomic E-state index is -0.333. The maximum absolute atomic E-state index is 6.06. The molecule has 0 radical (unpaired) electrons. The minimum Gasteiger partial charge on any atom is -0.370 e. The highest BCUT2D eigenvalue weighted by molar-refractivity contribution is 5.71. The number of nitrogens with one attached hydrogen (secondary N) is 1. The molecule has 0 aliphatic heterocycles. The van der Waals surface area contributed by atoms with Crippen LogP contribution in [0, 0.1) is 5.41 Å². The number of hydrogen-bond acceptors (Lipinski definition) is 1. The van der Waals surface area contributed by atoms with Crippen LogP contribution in [0.4, 0.5) is 0 Å². The van der Waals surface area contributed by atoms with Crippen LogP contribution in [0.2, 0.25) is 0 Å². The van der Waals surface area contributed by atoms with Gasteiger partial charge >= 0.3 is 0 Å². The van der Waals surface area contributed by atoms with Gasteiger partial charge in [-0.1, -0.05) is 33.1 Å². The van der Waals surface area contributed by atoms with Gasteiger partial charge in [-0.05, 0) is 0 Å². The van der Waals surface area contributed by atoms with E-state index in [1.807, 2.05) is 0 Å². The summed E-state index contributed by atoms with van der Waals surface area (Å²) in [5, 5.41) is 6.06. The van der Waals surface area contributed by atoms with Crippen molar-refractivity contribution in [1.82, 2.24) is 0 Å². The smallest absolute Gasteiger partial charge is 0.183 e. The molecule has 0 amide bonds. The van der Waals surface area contributed by atoms with Crippen LogP contribution in [0.5, 0.6) is 0 Å². The van der Waals surface area contributed by atoms with Gasteiger partial charge < -0.3 is 11.5 Å². The Labute approximate surface area is 56.9 Å². The third-order valence-corrected chi connectivity index (χ3v) is 0.707. The van der Waals surface area contributed by atoms with Crippen molar-refractivity contribution in [1.29, 1.82) is 5.41 Å². The van der Waals surface area contributed by atoms with E-state index in [4.69, 9.17) is 5.41 Å². The Morgan fingerprint density at radius 2 is 1.44 bits per heavy atom. The second-order valence-corrected chi connectivity index (χ2v) is 1.81. The molecular formula is C6H17N3. The Kier molecular flexibility index (Phi) is 12.7. The molecule has 3 nitrogen and oxygen atoms in total. The van der Waals surface area contributed by atoms with E-state index >= 15 is 0 Å². The van der Waals surface area contributed by atoms with Crippen LogP contribution in [-0.2, 0) is 0 Å². The largest absolute Gasteiger partial charge is 0.370 e. The third kappa shape index (κ3) is 125. The first kappa shape index (κ1) is 11.1. The number of guanidine groups is 1. The summed E-state index contributed by atoms with van der Waals surface area (Å²) in [7, 11) is 0. The molecule has 0 heterocycles. The van der Waals surface area contributed by atoms with Crippen molar-refractivity contribution in [2.75, 3.05) is 0 Å². The molecule has 0 atom stereocenters. The average molecular weight is 131 g/mol. The normalized spacial score (nSPS) is 7.33. The lowest BCUT2D eigenvalue weighted by Crippen LogP contribution is -2.20. The van der Waals surface area contributed by atoms with E-state index in [9.17, 15) is 0 Å². The fraction of sp³-hybridized carbons (Fsp3) is 0.833. The molecule has 0 spiro atoms. The molecule has 0 saturated heterocycles. The molecule has 0 aromatic rings. The van der Waals surface area contributed by atoms with Gasteiger partial charge in [0.15, 0.2) is 5.96 Å². The molecule has 5 N–H and O–H groups in total. The maximum atomic E-state index is 6.06. The molecule has 56 valence electrons. The number of rotatable bonds is 2. The highest BCUT2D eigenvalue weighted by atomic mass is 14.9. The van der Waals surface area contributed by atoms with E-state index in [2.05, 4.69) is 25.3 Å². The number of hydrogen-bond donors (Lipinski definition) is 3. The van der Waals surface area contributed by atoms with Crippen LogP contribution in [0.1, 0.15) is 33.1 Å². The van der Waals surface area contributed by atoms with Crippen molar-refractivity contribution < 1.29 is 0 Å². The molecule has 0 bridgehead atoms. The Hall–Kier alpha value is -0.730. The highest BCUT2D eigenvalue weighted by Crippen LogP contribution is 1.88. The molecule has 0 fully saturated rings. The minimum absolute atomic E-state index is 0.333. The zero-order chi connectivity index (χ0) is 7.70. The van der Waals surface area contributed by atoms with Crippen molar-refractivity contribution in [3.63, 3.8) is 0 Å². The maximum Gasteiger partial charge on any atom is 0.183 e. The van der Waals surface area contributed by atoms with Crippen LogP contribution in [0.25, 0.3) is 0 Å². The van der Waals surface area contributed by atoms with Crippen LogP contribution in [0.15, 0.2) is 0 Å². The predicted octanol–water partition coefficient (Wildman–Crippen LogP) is 1.04. The molecule has 0 aliphatic carbocycles. The molecular weight excluding hydrogens is 114 g/mol. The first-order valence-electron chi connectivity index (χ1n) is 3.24. The lowest BCUT2D eigenvalue weighted by atomic mass is 10.3. The predicted molar refractivity (Wildman–Crippen MR) is 41.3 cm³/mol. The van der Waals surface area contributed by atoms with E-state index in [1.54, 1.807) is 0 Å². The van der Waals surface area contributed by atoms with Gasteiger partial charge in [-0.15, -0.1) is 0 Å². The van der Waals surface area contributed by atoms with Gasteiger partial charge in [-0.3, -0.25) is 5.41 Å². The SMILES string of the molecule is CCCCC.N=C(N)N. The van der Waals surface area contributed by atoms with Crippen LogP contribution >= 0.6 is 0 Å². The van der Waals surface area contributed by atoms with Crippen molar-refractivity contribution in [3.8, 4) is 0 Å². The molecule has 0 saturated carbocycles. The van der Waals surface area contributed by atoms with Gasteiger partial charge in [0, 0.05) is 0 Å². The van der Waals surface area contributed by atoms with Crippen LogP contribution in [-0.4, -0.2) is 5.96 Å². The van der Waals surface area contributed by atoms with Gasteiger partial charge in [-0.2, -0.15) is 0 Å². The van der Waals surface area contributed by atoms with Gasteiger partial charge in [0.1, 0.15) is 0 Å². The number of nitrogens with two attached hydrogens (primary N) is 2. The summed E-state index contributed by atoms with van der Waals surface area (Å²) in [6, 6.07) is 0. The first-order valence-corrected chi connectivity index (χ1v) is 3.24. The summed E-state index contributed by atoms with van der Waals surface area (Å²) < 4.78 is 0. The zero-order valence-electron chi connectivity index (χ0n) is 6.28. The second kappa shape index (κ2) is 10.3. The molecule has 9 heavy (non-hydrogen) atoms. The summed E-state index contributed by atoms with van der Waals surface area (Å²) in [6.45, 7) is 4.42. The van der Waals surface area contributed by atoms with Gasteiger partial charge in [-0.25, -0.2) is 0 Å². The Bertz CT molecular complexity index is 55.3. The molecule has 0 aromatic carbocycles. The molecule has 0 aromatic heterocycles. The monoisotopic (exact) mass is 131 g/mol. The summed E-state index contributed by atoms with van der Waals surface area (Å²) in [4.78, 5) is 0. The summed E-state index contributed by atoms with van der Waals surface area (Å²) in [5.41, 5.74) is 8.94. The fourth-order valence-corrected chi connectivity index (χ4v) is 0.354. The van der Waals surface area contributed by atoms with Gasteiger partial charge in [0.05, 0.1) is 0 Å². The second-order valence-electron chi connectivity index (χ2n) is 1.81. The van der Waals surface area contributed by atoms with Gasteiger partial charge in [0.2, 0.25) is 0 Å². The van der Waals surface area contributed by atoms with Crippen LogP contribution in [0.3, 0.4) is 0 Å². The van der Waals surface area contributed by atoms with Crippen molar-refractivity contribution >= 4 is 5.96 Å². The standard InChI is InChI=1S/C5H12.CH5N3/c1-3-5-4-2;2-1(3)4/h3-5H2,1-2H3;(H5,2,3,4). The molecule has 0 rings (SSSR count). The van der Waals surface area contributed by atoms with E-state index in [-0.39, 0.29) is 5.96 Å². The average Bonchev–Trinajstić information content (AvgIpc) is 1.66. The van der Waals surface area contributed by atoms with Crippen molar-refractivity contribution in [3.05, 3.63) is 0 Å². The van der Waals surface area contributed by atoms with E-state index < -0.39 is 0 Å². The van der Waals surface area contributed by atoms with Crippen LogP contribution < -0.4 is 11.5 Å². The van der Waals surface area contributed by atoms with Crippen molar-refractivity contribution in [2.45, 2.75) is 33.1 Å².